The summed E-state index contributed by atoms with van der Waals surface area (Å²) in [6.07, 6.45) is 7.92. The van der Waals surface area contributed by atoms with E-state index < -0.39 is 11.6 Å². The van der Waals surface area contributed by atoms with E-state index in [1.165, 1.54) is 0 Å². The fraction of sp³-hybridized carbons (Fsp3) is 0.105. The number of benzene rings is 2. The number of rotatable bonds is 3. The SMILES string of the molecule is O=C(Oc1ccccc1)c1ccc(C2(O)C=CC=CC2)cc1. The first-order valence-electron chi connectivity index (χ1n) is 7.12. The van der Waals surface area contributed by atoms with E-state index in [-0.39, 0.29) is 0 Å². The van der Waals surface area contributed by atoms with Crippen LogP contribution in [0.15, 0.2) is 78.9 Å². The monoisotopic (exact) mass is 292 g/mol. The lowest BCUT2D eigenvalue weighted by atomic mass is 9.87. The number of para-hydroxylation sites is 1. The zero-order valence-corrected chi connectivity index (χ0v) is 12.0. The molecule has 1 unspecified atom stereocenters. The molecule has 3 heteroatoms. The van der Waals surface area contributed by atoms with Crippen LogP contribution in [0.5, 0.6) is 5.75 Å². The average Bonchev–Trinajstić information content (AvgIpc) is 2.56. The van der Waals surface area contributed by atoms with Crippen molar-refractivity contribution >= 4 is 5.97 Å². The summed E-state index contributed by atoms with van der Waals surface area (Å²) in [6.45, 7) is 0. The maximum Gasteiger partial charge on any atom is 0.343 e. The van der Waals surface area contributed by atoms with Crippen molar-refractivity contribution < 1.29 is 14.6 Å². The number of carbonyl (C=O) groups is 1. The zero-order valence-electron chi connectivity index (χ0n) is 12.0. The minimum absolute atomic E-state index is 0.413. The van der Waals surface area contributed by atoms with Gasteiger partial charge < -0.3 is 9.84 Å². The van der Waals surface area contributed by atoms with Crippen molar-refractivity contribution in [2.75, 3.05) is 0 Å². The predicted octanol–water partition coefficient (Wildman–Crippen LogP) is 3.61. The first-order chi connectivity index (χ1) is 10.7. The number of aliphatic hydroxyl groups is 1. The molecule has 0 radical (unpaired) electrons. The van der Waals surface area contributed by atoms with Gasteiger partial charge in [0.15, 0.2) is 0 Å². The Morgan fingerprint density at radius 2 is 1.73 bits per heavy atom. The molecule has 2 aromatic rings. The summed E-state index contributed by atoms with van der Waals surface area (Å²) in [5.74, 6) is 0.0966. The van der Waals surface area contributed by atoms with Gasteiger partial charge >= 0.3 is 5.97 Å². The molecule has 110 valence electrons. The Balaban J connectivity index is 1.75. The molecule has 0 fully saturated rings. The average molecular weight is 292 g/mol. The van der Waals surface area contributed by atoms with Gasteiger partial charge in [-0.1, -0.05) is 48.6 Å². The van der Waals surface area contributed by atoms with E-state index in [1.54, 1.807) is 42.5 Å². The summed E-state index contributed by atoms with van der Waals surface area (Å²) >= 11 is 0. The normalized spacial score (nSPS) is 19.9. The first-order valence-corrected chi connectivity index (χ1v) is 7.12. The molecule has 0 saturated carbocycles. The van der Waals surface area contributed by atoms with Gasteiger partial charge in [-0.3, -0.25) is 0 Å². The van der Waals surface area contributed by atoms with E-state index in [0.29, 0.717) is 17.7 Å². The van der Waals surface area contributed by atoms with Crippen LogP contribution in [0.3, 0.4) is 0 Å². The van der Waals surface area contributed by atoms with Crippen LogP contribution in [0.25, 0.3) is 0 Å². The van der Waals surface area contributed by atoms with Crippen LogP contribution >= 0.6 is 0 Å². The number of esters is 1. The molecule has 3 nitrogen and oxygen atoms in total. The van der Waals surface area contributed by atoms with E-state index in [0.717, 1.165) is 5.56 Å². The van der Waals surface area contributed by atoms with E-state index in [2.05, 4.69) is 0 Å². The van der Waals surface area contributed by atoms with Crippen molar-refractivity contribution in [2.45, 2.75) is 12.0 Å². The molecule has 0 saturated heterocycles. The molecule has 3 rings (SSSR count). The van der Waals surface area contributed by atoms with Crippen LogP contribution < -0.4 is 4.74 Å². The van der Waals surface area contributed by atoms with Crippen LogP contribution in [0, 0.1) is 0 Å². The van der Waals surface area contributed by atoms with Crippen molar-refractivity contribution in [3.63, 3.8) is 0 Å². The quantitative estimate of drug-likeness (QED) is 0.694. The molecule has 0 aromatic heterocycles. The van der Waals surface area contributed by atoms with E-state index in [1.807, 2.05) is 36.4 Å². The third-order valence-electron chi connectivity index (χ3n) is 3.62. The number of hydrogen-bond acceptors (Lipinski definition) is 3. The van der Waals surface area contributed by atoms with Crippen molar-refractivity contribution in [2.24, 2.45) is 0 Å². The van der Waals surface area contributed by atoms with E-state index in [9.17, 15) is 9.90 Å². The smallest absolute Gasteiger partial charge is 0.343 e. The summed E-state index contributed by atoms with van der Waals surface area (Å²) in [4.78, 5) is 12.1. The highest BCUT2D eigenvalue weighted by Gasteiger charge is 2.26. The lowest BCUT2D eigenvalue weighted by Gasteiger charge is -2.25. The second-order valence-electron chi connectivity index (χ2n) is 5.20. The van der Waals surface area contributed by atoms with Gasteiger partial charge in [-0.2, -0.15) is 0 Å². The summed E-state index contributed by atoms with van der Waals surface area (Å²) in [5.41, 5.74) is 0.201. The highest BCUT2D eigenvalue weighted by molar-refractivity contribution is 5.91. The van der Waals surface area contributed by atoms with Gasteiger partial charge in [0, 0.05) is 6.42 Å². The van der Waals surface area contributed by atoms with Gasteiger partial charge in [-0.25, -0.2) is 4.79 Å². The van der Waals surface area contributed by atoms with Crippen molar-refractivity contribution in [1.82, 2.24) is 0 Å². The van der Waals surface area contributed by atoms with Gasteiger partial charge in [-0.05, 0) is 35.9 Å². The second kappa shape index (κ2) is 6.00. The molecule has 1 N–H and O–H groups in total. The largest absolute Gasteiger partial charge is 0.423 e. The zero-order chi connectivity index (χ0) is 15.4. The minimum atomic E-state index is -1.00. The Hall–Kier alpha value is -2.65. The molecule has 0 bridgehead atoms. The molecule has 0 spiro atoms. The molecule has 2 aromatic carbocycles. The van der Waals surface area contributed by atoms with Crippen molar-refractivity contribution in [1.29, 1.82) is 0 Å². The summed E-state index contributed by atoms with van der Waals surface area (Å²) in [5, 5.41) is 10.6. The Morgan fingerprint density at radius 3 is 2.36 bits per heavy atom. The topological polar surface area (TPSA) is 46.5 Å². The van der Waals surface area contributed by atoms with Crippen LogP contribution in [0.4, 0.5) is 0 Å². The Kier molecular flexibility index (Phi) is 3.90. The fourth-order valence-corrected chi connectivity index (χ4v) is 2.37. The molecule has 1 aliphatic carbocycles. The van der Waals surface area contributed by atoms with Crippen LogP contribution in [-0.4, -0.2) is 11.1 Å². The van der Waals surface area contributed by atoms with Crippen LogP contribution in [-0.2, 0) is 5.60 Å². The number of hydrogen-bond donors (Lipinski definition) is 1. The van der Waals surface area contributed by atoms with Gasteiger partial charge in [0.1, 0.15) is 11.4 Å². The summed E-state index contributed by atoms with van der Waals surface area (Å²) < 4.78 is 5.28. The summed E-state index contributed by atoms with van der Waals surface area (Å²) in [7, 11) is 0. The molecule has 0 amide bonds. The Labute approximate surface area is 129 Å². The van der Waals surface area contributed by atoms with E-state index in [4.69, 9.17) is 4.74 Å². The molecule has 22 heavy (non-hydrogen) atoms. The van der Waals surface area contributed by atoms with Crippen molar-refractivity contribution in [3.8, 4) is 5.75 Å². The Bertz CT molecular complexity index is 714. The van der Waals surface area contributed by atoms with E-state index >= 15 is 0 Å². The highest BCUT2D eigenvalue weighted by atomic mass is 16.5. The standard InChI is InChI=1S/C19H16O3/c20-18(22-17-7-3-1-4-8-17)15-9-11-16(12-10-15)19(21)13-5-2-6-14-19/h1-13,21H,14H2. The van der Waals surface area contributed by atoms with Gasteiger partial charge in [0.25, 0.3) is 0 Å². The third kappa shape index (κ3) is 3.00. The number of allylic oxidation sites excluding steroid dienone is 2. The lowest BCUT2D eigenvalue weighted by Crippen LogP contribution is -2.23. The lowest BCUT2D eigenvalue weighted by molar-refractivity contribution is 0.0733. The van der Waals surface area contributed by atoms with Crippen LogP contribution in [0.2, 0.25) is 0 Å². The maximum atomic E-state index is 12.1. The molecule has 1 aliphatic rings. The molecule has 0 aliphatic heterocycles. The number of carbonyl (C=O) groups excluding carboxylic acids is 1. The van der Waals surface area contributed by atoms with Crippen LogP contribution in [0.1, 0.15) is 22.3 Å². The fourth-order valence-electron chi connectivity index (χ4n) is 2.37. The molecule has 1 atom stereocenters. The Morgan fingerprint density at radius 1 is 1.00 bits per heavy atom. The van der Waals surface area contributed by atoms with Gasteiger partial charge in [-0.15, -0.1) is 0 Å². The first kappa shape index (κ1) is 14.3. The molecular formula is C19H16O3. The maximum absolute atomic E-state index is 12.1. The minimum Gasteiger partial charge on any atom is -0.423 e. The molecular weight excluding hydrogens is 276 g/mol. The predicted molar refractivity (Wildman–Crippen MR) is 84.6 cm³/mol. The third-order valence-corrected chi connectivity index (χ3v) is 3.62. The van der Waals surface area contributed by atoms with Crippen molar-refractivity contribution in [3.05, 3.63) is 90.0 Å². The highest BCUT2D eigenvalue weighted by Crippen LogP contribution is 2.29. The molecule has 0 heterocycles. The van der Waals surface area contributed by atoms with Gasteiger partial charge in [0.2, 0.25) is 0 Å². The summed E-state index contributed by atoms with van der Waals surface area (Å²) in [6, 6.07) is 15.8. The van der Waals surface area contributed by atoms with Gasteiger partial charge in [0.05, 0.1) is 5.56 Å². The second-order valence-corrected chi connectivity index (χ2v) is 5.20. The number of ether oxygens (including phenoxy) is 1.